The molecule has 5 nitrogen and oxygen atoms in total. The Morgan fingerprint density at radius 1 is 1.12 bits per heavy atom. The summed E-state index contributed by atoms with van der Waals surface area (Å²) in [6, 6.07) is 0.215. The molecule has 17 heavy (non-hydrogen) atoms. The molecule has 0 aliphatic heterocycles. The molecule has 0 aromatic heterocycles. The van der Waals surface area contributed by atoms with Gasteiger partial charge in [-0.05, 0) is 13.3 Å². The quantitative estimate of drug-likeness (QED) is 0.491. The molecule has 0 fully saturated rings. The molecule has 0 spiro atoms. The van der Waals surface area contributed by atoms with Crippen LogP contribution in [0.2, 0.25) is 0 Å². The van der Waals surface area contributed by atoms with E-state index in [0.29, 0.717) is 39.6 Å². The molecular formula is C12H27NO4. The van der Waals surface area contributed by atoms with Gasteiger partial charge in [0.25, 0.3) is 0 Å². The van der Waals surface area contributed by atoms with Crippen molar-refractivity contribution in [3.63, 3.8) is 0 Å². The molecule has 0 heterocycles. The Hall–Kier alpha value is -0.200. The van der Waals surface area contributed by atoms with Gasteiger partial charge in [-0.2, -0.15) is 0 Å². The number of rotatable bonds is 12. The number of nitrogens with one attached hydrogen (secondary N) is 1. The summed E-state index contributed by atoms with van der Waals surface area (Å²) in [5, 5.41) is 12.8. The zero-order chi connectivity index (χ0) is 12.9. The van der Waals surface area contributed by atoms with E-state index < -0.39 is 6.10 Å². The lowest BCUT2D eigenvalue weighted by atomic mass is 10.3. The Morgan fingerprint density at radius 3 is 2.47 bits per heavy atom. The Kier molecular flexibility index (Phi) is 12.1. The standard InChI is InChI=1S/C12H27NO4/c1-4-5-16-10-12(14)8-13-11(2)9-17-7-6-15-3/h11-14H,4-10H2,1-3H3. The molecular weight excluding hydrogens is 222 g/mol. The topological polar surface area (TPSA) is 60.0 Å². The fourth-order valence-electron chi connectivity index (χ4n) is 1.22. The Morgan fingerprint density at radius 2 is 1.82 bits per heavy atom. The van der Waals surface area contributed by atoms with Crippen molar-refractivity contribution < 1.29 is 19.3 Å². The number of ether oxygens (including phenoxy) is 3. The van der Waals surface area contributed by atoms with E-state index in [1.807, 2.05) is 13.8 Å². The van der Waals surface area contributed by atoms with Gasteiger partial charge in [-0.15, -0.1) is 0 Å². The van der Waals surface area contributed by atoms with Crippen LogP contribution < -0.4 is 5.32 Å². The van der Waals surface area contributed by atoms with Gasteiger partial charge in [0.15, 0.2) is 0 Å². The lowest BCUT2D eigenvalue weighted by Gasteiger charge is -2.17. The number of hydrogen-bond donors (Lipinski definition) is 2. The maximum Gasteiger partial charge on any atom is 0.0897 e. The van der Waals surface area contributed by atoms with Crippen LogP contribution in [0.4, 0.5) is 0 Å². The van der Waals surface area contributed by atoms with Crippen LogP contribution in [-0.4, -0.2) is 63.9 Å². The van der Waals surface area contributed by atoms with Crippen molar-refractivity contribution in [1.29, 1.82) is 0 Å². The SMILES string of the molecule is CCCOCC(O)CNC(C)COCCOC. The lowest BCUT2D eigenvalue weighted by Crippen LogP contribution is -2.38. The fraction of sp³-hybridized carbons (Fsp3) is 1.00. The van der Waals surface area contributed by atoms with Crippen LogP contribution in [0.1, 0.15) is 20.3 Å². The summed E-state index contributed by atoms with van der Waals surface area (Å²) in [5.74, 6) is 0. The maximum atomic E-state index is 9.59. The van der Waals surface area contributed by atoms with Crippen molar-refractivity contribution in [2.24, 2.45) is 0 Å². The first-order valence-electron chi connectivity index (χ1n) is 6.26. The highest BCUT2D eigenvalue weighted by atomic mass is 16.5. The molecule has 0 amide bonds. The molecule has 5 heteroatoms. The van der Waals surface area contributed by atoms with E-state index in [0.717, 1.165) is 6.42 Å². The zero-order valence-electron chi connectivity index (χ0n) is 11.3. The van der Waals surface area contributed by atoms with E-state index in [9.17, 15) is 5.11 Å². The minimum atomic E-state index is -0.456. The van der Waals surface area contributed by atoms with E-state index >= 15 is 0 Å². The highest BCUT2D eigenvalue weighted by Gasteiger charge is 2.07. The Labute approximate surface area is 104 Å². The Balaban J connectivity index is 3.32. The van der Waals surface area contributed by atoms with Crippen LogP contribution in [0.3, 0.4) is 0 Å². The van der Waals surface area contributed by atoms with E-state index in [-0.39, 0.29) is 6.04 Å². The van der Waals surface area contributed by atoms with Crippen LogP contribution in [-0.2, 0) is 14.2 Å². The van der Waals surface area contributed by atoms with Gasteiger partial charge in [0, 0.05) is 26.3 Å². The molecule has 0 radical (unpaired) electrons. The molecule has 2 N–H and O–H groups in total. The molecule has 2 atom stereocenters. The maximum absolute atomic E-state index is 9.59. The summed E-state index contributed by atoms with van der Waals surface area (Å²) in [4.78, 5) is 0. The number of hydrogen-bond acceptors (Lipinski definition) is 5. The van der Waals surface area contributed by atoms with Gasteiger partial charge >= 0.3 is 0 Å². The highest BCUT2D eigenvalue weighted by Crippen LogP contribution is 1.89. The van der Waals surface area contributed by atoms with Crippen LogP contribution >= 0.6 is 0 Å². The summed E-state index contributed by atoms with van der Waals surface area (Å²) in [6.07, 6.45) is 0.521. The van der Waals surface area contributed by atoms with Crippen molar-refractivity contribution in [2.75, 3.05) is 46.7 Å². The van der Waals surface area contributed by atoms with Crippen molar-refractivity contribution in [2.45, 2.75) is 32.4 Å². The molecule has 0 saturated carbocycles. The van der Waals surface area contributed by atoms with Crippen LogP contribution in [0.25, 0.3) is 0 Å². The van der Waals surface area contributed by atoms with Crippen LogP contribution in [0, 0.1) is 0 Å². The van der Waals surface area contributed by atoms with Crippen LogP contribution in [0.5, 0.6) is 0 Å². The normalized spacial score (nSPS) is 14.8. The molecule has 0 bridgehead atoms. The first-order chi connectivity index (χ1) is 8.20. The predicted octanol–water partition coefficient (Wildman–Crippen LogP) is 0.415. The van der Waals surface area contributed by atoms with E-state index in [1.54, 1.807) is 7.11 Å². The summed E-state index contributed by atoms with van der Waals surface area (Å²) in [7, 11) is 1.65. The molecule has 0 aliphatic carbocycles. The number of aliphatic hydroxyl groups is 1. The second-order valence-corrected chi connectivity index (χ2v) is 4.11. The van der Waals surface area contributed by atoms with Crippen LogP contribution in [0.15, 0.2) is 0 Å². The number of methoxy groups -OCH3 is 1. The smallest absolute Gasteiger partial charge is 0.0897 e. The largest absolute Gasteiger partial charge is 0.389 e. The van der Waals surface area contributed by atoms with Crippen molar-refractivity contribution in [1.82, 2.24) is 5.32 Å². The molecule has 0 aliphatic rings. The highest BCUT2D eigenvalue weighted by molar-refractivity contribution is 4.64. The summed E-state index contributed by atoms with van der Waals surface area (Å²) in [6.45, 7) is 7.51. The molecule has 0 rings (SSSR count). The van der Waals surface area contributed by atoms with Gasteiger partial charge < -0.3 is 24.6 Å². The first kappa shape index (κ1) is 16.8. The van der Waals surface area contributed by atoms with E-state index in [1.165, 1.54) is 0 Å². The average molecular weight is 249 g/mol. The molecule has 0 aromatic rings. The van der Waals surface area contributed by atoms with Crippen molar-refractivity contribution in [3.05, 3.63) is 0 Å². The average Bonchev–Trinajstić information content (AvgIpc) is 2.32. The van der Waals surface area contributed by atoms with E-state index in [4.69, 9.17) is 14.2 Å². The third-order valence-corrected chi connectivity index (χ3v) is 2.16. The molecule has 104 valence electrons. The predicted molar refractivity (Wildman–Crippen MR) is 67.3 cm³/mol. The van der Waals surface area contributed by atoms with Gasteiger partial charge in [-0.25, -0.2) is 0 Å². The minimum absolute atomic E-state index is 0.215. The second-order valence-electron chi connectivity index (χ2n) is 4.11. The van der Waals surface area contributed by atoms with Gasteiger partial charge in [0.2, 0.25) is 0 Å². The van der Waals surface area contributed by atoms with Gasteiger partial charge in [0.05, 0.1) is 32.5 Å². The third-order valence-electron chi connectivity index (χ3n) is 2.16. The van der Waals surface area contributed by atoms with Crippen molar-refractivity contribution >= 4 is 0 Å². The van der Waals surface area contributed by atoms with Gasteiger partial charge in [0.1, 0.15) is 0 Å². The number of aliphatic hydroxyl groups excluding tert-OH is 1. The molecule has 0 aromatic carbocycles. The fourth-order valence-corrected chi connectivity index (χ4v) is 1.22. The first-order valence-corrected chi connectivity index (χ1v) is 6.26. The second kappa shape index (κ2) is 12.3. The van der Waals surface area contributed by atoms with E-state index in [2.05, 4.69) is 5.32 Å². The lowest BCUT2D eigenvalue weighted by molar-refractivity contribution is 0.0304. The summed E-state index contributed by atoms with van der Waals surface area (Å²) in [5.41, 5.74) is 0. The third kappa shape index (κ3) is 12.1. The van der Waals surface area contributed by atoms with Gasteiger partial charge in [-0.3, -0.25) is 0 Å². The minimum Gasteiger partial charge on any atom is -0.389 e. The van der Waals surface area contributed by atoms with Gasteiger partial charge in [-0.1, -0.05) is 6.92 Å². The molecule has 2 unspecified atom stereocenters. The summed E-state index contributed by atoms with van der Waals surface area (Å²) >= 11 is 0. The van der Waals surface area contributed by atoms with Crippen molar-refractivity contribution in [3.8, 4) is 0 Å². The monoisotopic (exact) mass is 249 g/mol. The zero-order valence-corrected chi connectivity index (χ0v) is 11.3. The Bertz CT molecular complexity index is 157. The summed E-state index contributed by atoms with van der Waals surface area (Å²) < 4.78 is 15.5. The molecule has 0 saturated heterocycles.